The van der Waals surface area contributed by atoms with Crippen LogP contribution in [0.2, 0.25) is 0 Å². The number of nitrogens with zero attached hydrogens (tertiary/aromatic N) is 2. The second kappa shape index (κ2) is 15.5. The van der Waals surface area contributed by atoms with Gasteiger partial charge in [-0.25, -0.2) is 13.2 Å². The third kappa shape index (κ3) is 8.89. The summed E-state index contributed by atoms with van der Waals surface area (Å²) in [4.78, 5) is 71.7. The van der Waals surface area contributed by atoms with Gasteiger partial charge in [-0.05, 0) is 92.8 Å². The summed E-state index contributed by atoms with van der Waals surface area (Å²) < 4.78 is 29.2. The normalized spacial score (nSPS) is 29.0. The molecule has 1 aliphatic heterocycles. The number of hydrogen-bond acceptors (Lipinski definition) is 7. The second-order valence-corrected chi connectivity index (χ2v) is 21.3. The first kappa shape index (κ1) is 40.5. The molecule has 0 aromatic carbocycles. The summed E-state index contributed by atoms with van der Waals surface area (Å²) in [6.45, 7) is 8.89. The molecule has 0 spiro atoms. The average molecular weight is 787 g/mol. The zero-order chi connectivity index (χ0) is 39.3. The monoisotopic (exact) mass is 786 g/mol. The molecule has 0 bridgehead atoms. The van der Waals surface area contributed by atoms with E-state index < -0.39 is 62.7 Å². The molecule has 0 aromatic rings. The molecule has 7 fully saturated rings. The Morgan fingerprint density at radius 3 is 2.05 bits per heavy atom. The summed E-state index contributed by atoms with van der Waals surface area (Å²) in [5, 5.41) is 12.0. The highest BCUT2D eigenvalue weighted by molar-refractivity contribution is 7.89. The van der Waals surface area contributed by atoms with Gasteiger partial charge in [-0.1, -0.05) is 79.1 Å². The number of carbonyl (C=O) groups is 5. The molecular weight excluding hydrogens is 721 g/mol. The lowest BCUT2D eigenvalue weighted by Gasteiger charge is -2.44. The molecule has 1 saturated heterocycles. The van der Waals surface area contributed by atoms with Gasteiger partial charge in [0.2, 0.25) is 27.6 Å². The first-order valence-corrected chi connectivity index (χ1v) is 23.2. The van der Waals surface area contributed by atoms with Crippen molar-refractivity contribution in [1.82, 2.24) is 30.5 Å². The van der Waals surface area contributed by atoms with Crippen LogP contribution in [0.4, 0.5) is 4.79 Å². The van der Waals surface area contributed by atoms with Crippen LogP contribution < -0.4 is 21.3 Å². The molecule has 7 rings (SSSR count). The molecule has 0 unspecified atom stereocenters. The van der Waals surface area contributed by atoms with E-state index in [0.29, 0.717) is 38.3 Å². The number of hydrogen-bond donors (Lipinski definition) is 4. The quantitative estimate of drug-likeness (QED) is 0.160. The van der Waals surface area contributed by atoms with Crippen molar-refractivity contribution in [2.45, 2.75) is 179 Å². The molecule has 5 amide bonds. The van der Waals surface area contributed by atoms with Crippen LogP contribution in [0.25, 0.3) is 0 Å². The Balaban J connectivity index is 1.11. The predicted molar refractivity (Wildman–Crippen MR) is 208 cm³/mol. The minimum absolute atomic E-state index is 0.0150. The number of carbonyl (C=O) groups excluding carboxylic acids is 5. The maximum Gasteiger partial charge on any atom is 0.315 e. The van der Waals surface area contributed by atoms with Crippen molar-refractivity contribution >= 4 is 39.6 Å². The van der Waals surface area contributed by atoms with Crippen molar-refractivity contribution in [2.75, 3.05) is 18.8 Å². The number of Topliss-reactive ketones (excluding diaryl/α,β-unsaturated/α-hetero) is 1. The number of rotatable bonds is 17. The van der Waals surface area contributed by atoms with Crippen LogP contribution in [-0.4, -0.2) is 102 Å². The van der Waals surface area contributed by atoms with Crippen LogP contribution in [0.3, 0.4) is 0 Å². The Kier molecular flexibility index (Phi) is 11.4. The lowest BCUT2D eigenvalue weighted by molar-refractivity contribution is -0.146. The summed E-state index contributed by atoms with van der Waals surface area (Å²) in [5.41, 5.74) is -1.70. The third-order valence-corrected chi connectivity index (χ3v) is 16.8. The average Bonchev–Trinajstić information content (AvgIpc) is 3.94. The topological polar surface area (TPSA) is 174 Å². The smallest absolute Gasteiger partial charge is 0.315 e. The summed E-state index contributed by atoms with van der Waals surface area (Å²) in [7, 11) is -3.64. The molecule has 55 heavy (non-hydrogen) atoms. The Labute approximate surface area is 328 Å². The van der Waals surface area contributed by atoms with Gasteiger partial charge in [-0.15, -0.1) is 0 Å². The van der Waals surface area contributed by atoms with Gasteiger partial charge in [-0.3, -0.25) is 19.2 Å². The molecule has 6 aliphatic carbocycles. The maximum atomic E-state index is 15.0. The zero-order valence-electron chi connectivity index (χ0n) is 33.6. The standard InChI is InChI=1S/C41H66N6O7S/c1-5-47(28-17-18-28)55(53,54)25-41(22-10-7-11-23-41)45-38(52)44-34(40(4)20-8-6-9-21-40)37(51)46-24-29-31(39(29,2)3)32(46)35(49)43-30(19-14-26-12-13-26)33(48)36(50)42-27-15-16-27/h26-32,34H,5-25H2,1-4H3,(H,42,50)(H,43,49)(H2,44,45,52)/t29-,30-,31-,32-,34+/m0/s1. The largest absolute Gasteiger partial charge is 0.347 e. The van der Waals surface area contributed by atoms with Crippen LogP contribution in [0.5, 0.6) is 0 Å². The summed E-state index contributed by atoms with van der Waals surface area (Å²) in [6.07, 6.45) is 14.7. The lowest BCUT2D eigenvalue weighted by Crippen LogP contribution is -2.65. The van der Waals surface area contributed by atoms with Gasteiger partial charge < -0.3 is 26.2 Å². The van der Waals surface area contributed by atoms with Crippen molar-refractivity contribution < 1.29 is 32.4 Å². The van der Waals surface area contributed by atoms with Crippen molar-refractivity contribution in [3.8, 4) is 0 Å². The summed E-state index contributed by atoms with van der Waals surface area (Å²) in [5.74, 6) is -1.72. The predicted octanol–water partition coefficient (Wildman–Crippen LogP) is 4.15. The van der Waals surface area contributed by atoms with Crippen molar-refractivity contribution in [1.29, 1.82) is 0 Å². The Hall–Kier alpha value is -2.74. The van der Waals surface area contributed by atoms with Gasteiger partial charge >= 0.3 is 6.03 Å². The van der Waals surface area contributed by atoms with Crippen molar-refractivity contribution in [3.05, 3.63) is 0 Å². The molecule has 7 aliphatic rings. The Morgan fingerprint density at radius 1 is 0.836 bits per heavy atom. The SMILES string of the molecule is CCN(C1CC1)S(=O)(=O)CC1(NC(=O)N[C@H](C(=O)N2C[C@H]3[C@@H]([C@H]2C(=O)N[C@@H](CCC2CC2)C(=O)C(=O)NC2CC2)C3(C)C)C2(C)CCCCC2)CCCCC1. The Bertz CT molecular complexity index is 1610. The maximum absolute atomic E-state index is 15.0. The second-order valence-electron chi connectivity index (χ2n) is 19.4. The van der Waals surface area contributed by atoms with E-state index in [1.807, 2.05) is 13.8 Å². The molecule has 0 radical (unpaired) electrons. The molecule has 6 saturated carbocycles. The molecule has 0 aromatic heterocycles. The first-order valence-electron chi connectivity index (χ1n) is 21.6. The van der Waals surface area contributed by atoms with Gasteiger partial charge in [0.15, 0.2) is 0 Å². The number of likely N-dealkylation sites (tertiary alicyclic amines) is 1. The van der Waals surface area contributed by atoms with E-state index in [2.05, 4.69) is 35.1 Å². The highest BCUT2D eigenvalue weighted by atomic mass is 32.2. The van der Waals surface area contributed by atoms with E-state index in [1.54, 1.807) is 9.21 Å². The minimum atomic E-state index is -3.64. The number of ketones is 1. The highest BCUT2D eigenvalue weighted by Crippen LogP contribution is 2.65. The van der Waals surface area contributed by atoms with Gasteiger partial charge in [-0.2, -0.15) is 4.31 Å². The highest BCUT2D eigenvalue weighted by Gasteiger charge is 2.70. The van der Waals surface area contributed by atoms with Crippen LogP contribution >= 0.6 is 0 Å². The lowest BCUT2D eigenvalue weighted by atomic mass is 9.70. The number of amides is 5. The Morgan fingerprint density at radius 2 is 1.47 bits per heavy atom. The zero-order valence-corrected chi connectivity index (χ0v) is 34.4. The molecule has 13 nitrogen and oxygen atoms in total. The van der Waals surface area contributed by atoms with E-state index in [9.17, 15) is 27.6 Å². The van der Waals surface area contributed by atoms with Crippen LogP contribution in [0.1, 0.15) is 143 Å². The molecular formula is C41H66N6O7S. The fraction of sp³-hybridized carbons (Fsp3) is 0.878. The van der Waals surface area contributed by atoms with Gasteiger partial charge in [0.1, 0.15) is 12.1 Å². The number of piperidine rings is 1. The number of fused-ring (bicyclic) bond motifs is 1. The first-order chi connectivity index (χ1) is 26.1. The molecule has 14 heteroatoms. The fourth-order valence-corrected chi connectivity index (χ4v) is 12.8. The van der Waals surface area contributed by atoms with E-state index in [0.717, 1.165) is 96.3 Å². The third-order valence-electron chi connectivity index (χ3n) is 14.6. The fourth-order valence-electron chi connectivity index (χ4n) is 10.6. The van der Waals surface area contributed by atoms with Crippen LogP contribution in [0.15, 0.2) is 0 Å². The van der Waals surface area contributed by atoms with Crippen molar-refractivity contribution in [2.24, 2.45) is 28.6 Å². The number of nitrogens with one attached hydrogen (secondary N) is 4. The van der Waals surface area contributed by atoms with Crippen LogP contribution in [0, 0.1) is 28.6 Å². The molecule has 5 atom stereocenters. The molecule has 4 N–H and O–H groups in total. The van der Waals surface area contributed by atoms with E-state index in [4.69, 9.17) is 0 Å². The van der Waals surface area contributed by atoms with E-state index >= 15 is 4.79 Å². The molecule has 1 heterocycles. The minimum Gasteiger partial charge on any atom is -0.347 e. The van der Waals surface area contributed by atoms with Gasteiger partial charge in [0.25, 0.3) is 5.91 Å². The van der Waals surface area contributed by atoms with Crippen molar-refractivity contribution in [3.63, 3.8) is 0 Å². The number of urea groups is 1. The summed E-state index contributed by atoms with van der Waals surface area (Å²) >= 11 is 0. The van der Waals surface area contributed by atoms with E-state index in [-0.39, 0.29) is 41.0 Å². The van der Waals surface area contributed by atoms with Gasteiger partial charge in [0.05, 0.1) is 17.3 Å². The summed E-state index contributed by atoms with van der Waals surface area (Å²) in [6, 6.07) is -3.24. The molecule has 308 valence electrons. The van der Waals surface area contributed by atoms with E-state index in [1.165, 1.54) is 0 Å². The van der Waals surface area contributed by atoms with Crippen LogP contribution in [-0.2, 0) is 29.2 Å². The number of sulfonamides is 1. The van der Waals surface area contributed by atoms with Gasteiger partial charge in [0, 0.05) is 25.2 Å².